The predicted octanol–water partition coefficient (Wildman–Crippen LogP) is 2.85. The van der Waals surface area contributed by atoms with Crippen molar-refractivity contribution >= 4 is 17.1 Å². The topological polar surface area (TPSA) is 47.8 Å². The molecule has 0 N–H and O–H groups in total. The summed E-state index contributed by atoms with van der Waals surface area (Å²) in [4.78, 5) is 17.7. The van der Waals surface area contributed by atoms with Gasteiger partial charge < -0.3 is 0 Å². The molecule has 108 valence electrons. The quantitative estimate of drug-likeness (QED) is 0.851. The van der Waals surface area contributed by atoms with E-state index >= 15 is 0 Å². The monoisotopic (exact) mass is 291 g/mol. The molecule has 2 heterocycles. The summed E-state index contributed by atoms with van der Waals surface area (Å²) in [5, 5.41) is 5.32. The Kier molecular flexibility index (Phi) is 4.38. The van der Waals surface area contributed by atoms with E-state index in [0.29, 0.717) is 12.8 Å². The lowest BCUT2D eigenvalue weighted by Crippen LogP contribution is -2.05. The summed E-state index contributed by atoms with van der Waals surface area (Å²) >= 11 is 1.63. The average Bonchev–Trinajstić information content (AvgIpc) is 2.79. The molecule has 2 aromatic rings. The van der Waals surface area contributed by atoms with Gasteiger partial charge in [0.2, 0.25) is 0 Å². The van der Waals surface area contributed by atoms with Gasteiger partial charge in [-0.25, -0.2) is 4.98 Å². The third kappa shape index (κ3) is 3.15. The Labute approximate surface area is 123 Å². The molecule has 0 aliphatic heterocycles. The summed E-state index contributed by atoms with van der Waals surface area (Å²) in [5.74, 6) is 0.251. The van der Waals surface area contributed by atoms with Crippen molar-refractivity contribution < 1.29 is 4.79 Å². The Hall–Kier alpha value is -1.49. The van der Waals surface area contributed by atoms with Gasteiger partial charge in [0.25, 0.3) is 0 Å². The average molecular weight is 291 g/mol. The van der Waals surface area contributed by atoms with E-state index in [1.165, 1.54) is 10.4 Å². The van der Waals surface area contributed by atoms with E-state index in [0.717, 1.165) is 28.5 Å². The minimum Gasteiger partial charge on any atom is -0.299 e. The van der Waals surface area contributed by atoms with Gasteiger partial charge >= 0.3 is 0 Å². The van der Waals surface area contributed by atoms with Crippen LogP contribution in [0.25, 0.3) is 0 Å². The van der Waals surface area contributed by atoms with Crippen molar-refractivity contribution in [2.45, 2.75) is 47.0 Å². The van der Waals surface area contributed by atoms with Gasteiger partial charge in [0, 0.05) is 24.0 Å². The van der Waals surface area contributed by atoms with E-state index in [1.54, 1.807) is 11.3 Å². The molecule has 0 aliphatic carbocycles. The molecule has 20 heavy (non-hydrogen) atoms. The van der Waals surface area contributed by atoms with Crippen molar-refractivity contribution in [3.8, 4) is 0 Å². The molecular weight excluding hydrogens is 270 g/mol. The van der Waals surface area contributed by atoms with E-state index in [9.17, 15) is 4.79 Å². The van der Waals surface area contributed by atoms with Gasteiger partial charge in [-0.3, -0.25) is 9.48 Å². The van der Waals surface area contributed by atoms with E-state index in [-0.39, 0.29) is 5.78 Å². The number of carbonyl (C=O) groups excluding carboxylic acids is 1. The zero-order chi connectivity index (χ0) is 14.9. The molecule has 4 nitrogen and oxygen atoms in total. The second-order valence-electron chi connectivity index (χ2n) is 5.24. The second-order valence-corrected chi connectivity index (χ2v) is 6.53. The van der Waals surface area contributed by atoms with Gasteiger partial charge in [-0.15, -0.1) is 11.3 Å². The zero-order valence-electron chi connectivity index (χ0n) is 12.8. The summed E-state index contributed by atoms with van der Waals surface area (Å²) in [5.41, 5.74) is 4.42. The first kappa shape index (κ1) is 14.9. The first-order chi connectivity index (χ1) is 9.38. The van der Waals surface area contributed by atoms with E-state index in [1.807, 2.05) is 39.4 Å². The Bertz CT molecular complexity index is 620. The van der Waals surface area contributed by atoms with Crippen LogP contribution in [0.2, 0.25) is 0 Å². The number of Topliss-reactive ketones (excluding diaryl/α,β-unsaturated/α-hetero) is 1. The van der Waals surface area contributed by atoms with Crippen LogP contribution in [0.3, 0.4) is 0 Å². The fourth-order valence-corrected chi connectivity index (χ4v) is 3.28. The minimum atomic E-state index is 0.251. The number of nitrogens with zero attached hydrogens (tertiary/aromatic N) is 3. The highest BCUT2D eigenvalue weighted by Crippen LogP contribution is 2.19. The lowest BCUT2D eigenvalue weighted by atomic mass is 10.0. The molecule has 0 saturated carbocycles. The summed E-state index contributed by atoms with van der Waals surface area (Å²) in [7, 11) is 1.94. The number of aromatic nitrogens is 3. The van der Waals surface area contributed by atoms with Crippen molar-refractivity contribution in [1.29, 1.82) is 0 Å². The van der Waals surface area contributed by atoms with E-state index in [4.69, 9.17) is 0 Å². The van der Waals surface area contributed by atoms with Crippen molar-refractivity contribution in [2.75, 3.05) is 0 Å². The SMILES string of the molecule is Cc1nc(CC(=O)CCc2c(C)nn(C)c2C)sc1C. The summed E-state index contributed by atoms with van der Waals surface area (Å²) in [6.07, 6.45) is 1.79. The lowest BCUT2D eigenvalue weighted by Gasteiger charge is -2.01. The molecule has 0 fully saturated rings. The number of hydrogen-bond donors (Lipinski definition) is 0. The number of rotatable bonds is 5. The van der Waals surface area contributed by atoms with Crippen molar-refractivity contribution in [2.24, 2.45) is 7.05 Å². The minimum absolute atomic E-state index is 0.251. The van der Waals surface area contributed by atoms with Crippen LogP contribution in [0.1, 0.15) is 39.0 Å². The first-order valence-electron chi connectivity index (χ1n) is 6.82. The lowest BCUT2D eigenvalue weighted by molar-refractivity contribution is -0.118. The highest BCUT2D eigenvalue weighted by Gasteiger charge is 2.13. The van der Waals surface area contributed by atoms with Crippen LogP contribution in [0.5, 0.6) is 0 Å². The molecular formula is C15H21N3OS. The zero-order valence-corrected chi connectivity index (χ0v) is 13.6. The third-order valence-electron chi connectivity index (χ3n) is 3.73. The maximum Gasteiger partial charge on any atom is 0.140 e. The van der Waals surface area contributed by atoms with Crippen molar-refractivity contribution in [3.63, 3.8) is 0 Å². The van der Waals surface area contributed by atoms with Crippen LogP contribution >= 0.6 is 11.3 Å². The Morgan fingerprint density at radius 2 is 1.90 bits per heavy atom. The molecule has 0 aliphatic rings. The van der Waals surface area contributed by atoms with Crippen molar-refractivity contribution in [3.05, 3.63) is 32.5 Å². The van der Waals surface area contributed by atoms with Gasteiger partial charge in [0.15, 0.2) is 0 Å². The summed E-state index contributed by atoms with van der Waals surface area (Å²) in [6.45, 7) is 8.08. The van der Waals surface area contributed by atoms with Gasteiger partial charge in [-0.05, 0) is 39.7 Å². The maximum absolute atomic E-state index is 12.1. The Morgan fingerprint density at radius 3 is 2.40 bits per heavy atom. The largest absolute Gasteiger partial charge is 0.299 e. The van der Waals surface area contributed by atoms with Crippen LogP contribution in [-0.2, 0) is 24.7 Å². The van der Waals surface area contributed by atoms with Gasteiger partial charge in [-0.2, -0.15) is 5.10 Å². The predicted molar refractivity (Wildman–Crippen MR) is 81.3 cm³/mol. The van der Waals surface area contributed by atoms with Crippen LogP contribution in [0.4, 0.5) is 0 Å². The van der Waals surface area contributed by atoms with Gasteiger partial charge in [-0.1, -0.05) is 0 Å². The molecule has 0 aromatic carbocycles. The molecule has 5 heteroatoms. The molecule has 0 atom stereocenters. The fraction of sp³-hybridized carbons (Fsp3) is 0.533. The Morgan fingerprint density at radius 1 is 1.20 bits per heavy atom. The number of thiazole rings is 1. The third-order valence-corrected chi connectivity index (χ3v) is 4.81. The standard InChI is InChI=1S/C15H21N3OS/c1-9-12(4)20-15(16-9)8-13(19)6-7-14-10(2)17-18(5)11(14)3/h6-8H2,1-5H3. The number of carbonyl (C=O) groups is 1. The normalized spacial score (nSPS) is 11.1. The number of aryl methyl sites for hydroxylation is 4. The fourth-order valence-electron chi connectivity index (χ4n) is 2.32. The first-order valence-corrected chi connectivity index (χ1v) is 7.63. The van der Waals surface area contributed by atoms with Crippen LogP contribution in [0, 0.1) is 27.7 Å². The number of ketones is 1. The summed E-state index contributed by atoms with van der Waals surface area (Å²) in [6, 6.07) is 0. The molecule has 0 radical (unpaired) electrons. The van der Waals surface area contributed by atoms with Crippen LogP contribution in [0.15, 0.2) is 0 Å². The highest BCUT2D eigenvalue weighted by atomic mass is 32.1. The molecule has 2 aromatic heterocycles. The Balaban J connectivity index is 1.95. The van der Waals surface area contributed by atoms with Crippen LogP contribution in [-0.4, -0.2) is 20.5 Å². The molecule has 0 amide bonds. The maximum atomic E-state index is 12.1. The smallest absolute Gasteiger partial charge is 0.140 e. The molecule has 2 rings (SSSR count). The van der Waals surface area contributed by atoms with Crippen molar-refractivity contribution in [1.82, 2.24) is 14.8 Å². The molecule has 0 spiro atoms. The van der Waals surface area contributed by atoms with Gasteiger partial charge in [0.05, 0.1) is 17.8 Å². The summed E-state index contributed by atoms with van der Waals surface area (Å²) < 4.78 is 1.88. The molecule has 0 saturated heterocycles. The van der Waals surface area contributed by atoms with E-state index in [2.05, 4.69) is 10.1 Å². The second kappa shape index (κ2) is 5.87. The van der Waals surface area contributed by atoms with Crippen LogP contribution < -0.4 is 0 Å². The van der Waals surface area contributed by atoms with Gasteiger partial charge in [0.1, 0.15) is 10.8 Å². The highest BCUT2D eigenvalue weighted by molar-refractivity contribution is 7.11. The molecule has 0 unspecified atom stereocenters. The molecule has 0 bridgehead atoms. The number of hydrogen-bond acceptors (Lipinski definition) is 4. The van der Waals surface area contributed by atoms with E-state index < -0.39 is 0 Å².